The summed E-state index contributed by atoms with van der Waals surface area (Å²) in [6.07, 6.45) is 3.31. The van der Waals surface area contributed by atoms with Gasteiger partial charge in [-0.15, -0.1) is 12.4 Å². The van der Waals surface area contributed by atoms with Crippen LogP contribution in [0.5, 0.6) is 5.75 Å². The molecule has 1 aliphatic rings. The Hall–Kier alpha value is -2.72. The fraction of sp³-hybridized carbons (Fsp3) is 0.462. The van der Waals surface area contributed by atoms with E-state index in [9.17, 15) is 4.79 Å². The van der Waals surface area contributed by atoms with E-state index in [1.807, 2.05) is 25.1 Å². The number of halogens is 2. The number of carbonyl (C=O) groups excluding carboxylic acids is 1. The Morgan fingerprint density at radius 1 is 1.11 bits per heavy atom. The molecule has 2 aromatic heterocycles. The van der Waals surface area contributed by atoms with Crippen molar-refractivity contribution < 1.29 is 9.53 Å². The Morgan fingerprint density at radius 3 is 2.54 bits per heavy atom. The lowest BCUT2D eigenvalue weighted by Gasteiger charge is -2.31. The number of anilines is 1. The zero-order chi connectivity index (χ0) is 25.7. The molecule has 0 atom stereocenters. The third kappa shape index (κ3) is 8.13. The van der Waals surface area contributed by atoms with Crippen LogP contribution in [-0.4, -0.2) is 75.3 Å². The molecule has 37 heavy (non-hydrogen) atoms. The van der Waals surface area contributed by atoms with E-state index in [2.05, 4.69) is 51.1 Å². The second-order valence-corrected chi connectivity index (χ2v) is 10.1. The Kier molecular flexibility index (Phi) is 10.3. The summed E-state index contributed by atoms with van der Waals surface area (Å²) in [5.41, 5.74) is 2.95. The van der Waals surface area contributed by atoms with E-state index in [1.165, 1.54) is 0 Å². The topological polar surface area (TPSA) is 88.4 Å². The van der Waals surface area contributed by atoms with E-state index >= 15 is 0 Å². The van der Waals surface area contributed by atoms with Crippen molar-refractivity contribution in [1.82, 2.24) is 29.5 Å². The molecule has 1 aromatic carbocycles. The predicted octanol–water partition coefficient (Wildman–Crippen LogP) is 4.14. The number of hydrogen-bond donors (Lipinski definition) is 1. The molecule has 3 aromatic rings. The molecule has 11 heteroatoms. The highest BCUT2D eigenvalue weighted by atomic mass is 35.5. The molecular formula is C26H35Cl2N7O2. The molecular weight excluding hydrogens is 513 g/mol. The van der Waals surface area contributed by atoms with Gasteiger partial charge in [0.05, 0.1) is 31.2 Å². The normalized spacial score (nSPS) is 14.4. The highest BCUT2D eigenvalue weighted by Crippen LogP contribution is 2.25. The standard InChI is InChI=1S/C26H34ClN7O2.ClH/c1-18(2)17-36-24-6-5-21(27)12-20(24)15-34-19(3)11-23(31-34)26(35)30-25-14-28-22(13-29-25)16-33-9-7-32(4)8-10-33;/h5-6,11-14,18H,7-10,15-17H2,1-4H3,(H,29,30,35);1H. The van der Waals surface area contributed by atoms with Crippen molar-refractivity contribution in [2.24, 2.45) is 5.92 Å². The van der Waals surface area contributed by atoms with Gasteiger partial charge in [-0.1, -0.05) is 25.4 Å². The van der Waals surface area contributed by atoms with Gasteiger partial charge in [0.15, 0.2) is 11.5 Å². The van der Waals surface area contributed by atoms with Crippen LogP contribution < -0.4 is 10.1 Å². The summed E-state index contributed by atoms with van der Waals surface area (Å²) in [7, 11) is 2.14. The van der Waals surface area contributed by atoms with Crippen LogP contribution in [0.15, 0.2) is 36.7 Å². The highest BCUT2D eigenvalue weighted by Gasteiger charge is 2.17. The first-order chi connectivity index (χ1) is 17.3. The smallest absolute Gasteiger partial charge is 0.277 e. The van der Waals surface area contributed by atoms with Crippen molar-refractivity contribution in [2.45, 2.75) is 33.9 Å². The van der Waals surface area contributed by atoms with Gasteiger partial charge in [0.25, 0.3) is 5.91 Å². The average molecular weight is 549 g/mol. The Morgan fingerprint density at radius 2 is 1.86 bits per heavy atom. The molecule has 200 valence electrons. The molecule has 0 bridgehead atoms. The van der Waals surface area contributed by atoms with Crippen LogP contribution in [0.1, 0.15) is 41.3 Å². The van der Waals surface area contributed by atoms with Crippen LogP contribution in [0.4, 0.5) is 5.82 Å². The summed E-state index contributed by atoms with van der Waals surface area (Å²) >= 11 is 6.24. The molecule has 0 unspecified atom stereocenters. The van der Waals surface area contributed by atoms with Gasteiger partial charge in [0.1, 0.15) is 5.75 Å². The van der Waals surface area contributed by atoms with Crippen LogP contribution in [0, 0.1) is 12.8 Å². The number of likely N-dealkylation sites (N-methyl/N-ethyl adjacent to an activating group) is 1. The number of rotatable bonds is 9. The first-order valence-corrected chi connectivity index (χ1v) is 12.6. The Balaban J connectivity index is 0.00000380. The number of nitrogens with zero attached hydrogens (tertiary/aromatic N) is 6. The zero-order valence-corrected chi connectivity index (χ0v) is 23.3. The molecule has 0 aliphatic carbocycles. The van der Waals surface area contributed by atoms with E-state index in [4.69, 9.17) is 16.3 Å². The second kappa shape index (κ2) is 13.2. The van der Waals surface area contributed by atoms with E-state index in [-0.39, 0.29) is 18.3 Å². The van der Waals surface area contributed by atoms with Gasteiger partial charge in [0, 0.05) is 49.0 Å². The molecule has 4 rings (SSSR count). The molecule has 1 amide bonds. The van der Waals surface area contributed by atoms with E-state index in [0.717, 1.165) is 55.4 Å². The van der Waals surface area contributed by atoms with Crippen molar-refractivity contribution >= 4 is 35.7 Å². The number of benzene rings is 1. The summed E-state index contributed by atoms with van der Waals surface area (Å²) in [6, 6.07) is 7.31. The molecule has 1 saturated heterocycles. The Bertz CT molecular complexity index is 1180. The molecule has 3 heterocycles. The lowest BCUT2D eigenvalue weighted by Crippen LogP contribution is -2.44. The van der Waals surface area contributed by atoms with Gasteiger partial charge in [-0.05, 0) is 44.2 Å². The second-order valence-electron chi connectivity index (χ2n) is 9.71. The van der Waals surface area contributed by atoms with Crippen LogP contribution in [-0.2, 0) is 13.1 Å². The van der Waals surface area contributed by atoms with Gasteiger partial charge in [-0.2, -0.15) is 5.10 Å². The third-order valence-electron chi connectivity index (χ3n) is 6.06. The maximum absolute atomic E-state index is 12.8. The Labute approximate surface area is 229 Å². The largest absolute Gasteiger partial charge is 0.493 e. The minimum atomic E-state index is -0.333. The number of ether oxygens (including phenoxy) is 1. The lowest BCUT2D eigenvalue weighted by molar-refractivity contribution is 0.102. The predicted molar refractivity (Wildman–Crippen MR) is 148 cm³/mol. The quantitative estimate of drug-likeness (QED) is 0.430. The number of carbonyl (C=O) groups is 1. The fourth-order valence-electron chi connectivity index (χ4n) is 3.93. The van der Waals surface area contributed by atoms with Gasteiger partial charge in [-0.3, -0.25) is 19.4 Å². The fourth-order valence-corrected chi connectivity index (χ4v) is 4.12. The summed E-state index contributed by atoms with van der Waals surface area (Å²) in [4.78, 5) is 26.4. The van der Waals surface area contributed by atoms with Gasteiger partial charge >= 0.3 is 0 Å². The molecule has 0 saturated carbocycles. The molecule has 1 aliphatic heterocycles. The average Bonchev–Trinajstić information content (AvgIpc) is 3.21. The number of aromatic nitrogens is 4. The SMILES string of the molecule is Cc1cc(C(=O)Nc2cnc(CN3CCN(C)CC3)cn2)nn1Cc1cc(Cl)ccc1OCC(C)C.Cl. The molecule has 1 fully saturated rings. The minimum Gasteiger partial charge on any atom is -0.493 e. The number of hydrogen-bond acceptors (Lipinski definition) is 7. The first-order valence-electron chi connectivity index (χ1n) is 12.3. The number of amides is 1. The lowest BCUT2D eigenvalue weighted by atomic mass is 10.2. The van der Waals surface area contributed by atoms with Crippen molar-refractivity contribution in [2.75, 3.05) is 45.2 Å². The summed E-state index contributed by atoms with van der Waals surface area (Å²) in [5.74, 6) is 1.23. The summed E-state index contributed by atoms with van der Waals surface area (Å²) in [6.45, 7) is 12.0. The summed E-state index contributed by atoms with van der Waals surface area (Å²) < 4.78 is 7.73. The van der Waals surface area contributed by atoms with E-state index in [0.29, 0.717) is 35.6 Å². The van der Waals surface area contributed by atoms with E-state index in [1.54, 1.807) is 23.1 Å². The van der Waals surface area contributed by atoms with Crippen molar-refractivity contribution in [3.05, 3.63) is 64.3 Å². The third-order valence-corrected chi connectivity index (χ3v) is 6.29. The van der Waals surface area contributed by atoms with Crippen LogP contribution in [0.2, 0.25) is 5.02 Å². The van der Waals surface area contributed by atoms with E-state index < -0.39 is 0 Å². The molecule has 0 spiro atoms. The van der Waals surface area contributed by atoms with Crippen LogP contribution in [0.25, 0.3) is 0 Å². The van der Waals surface area contributed by atoms with Crippen LogP contribution >= 0.6 is 24.0 Å². The minimum absolute atomic E-state index is 0. The van der Waals surface area contributed by atoms with Gasteiger partial charge in [-0.25, -0.2) is 4.98 Å². The van der Waals surface area contributed by atoms with Crippen molar-refractivity contribution in [3.63, 3.8) is 0 Å². The van der Waals surface area contributed by atoms with Crippen molar-refractivity contribution in [1.29, 1.82) is 0 Å². The van der Waals surface area contributed by atoms with Gasteiger partial charge < -0.3 is 15.0 Å². The maximum atomic E-state index is 12.8. The van der Waals surface area contributed by atoms with Crippen LogP contribution in [0.3, 0.4) is 0 Å². The molecule has 1 N–H and O–H groups in total. The number of aryl methyl sites for hydroxylation is 1. The maximum Gasteiger partial charge on any atom is 0.277 e. The molecule has 0 radical (unpaired) electrons. The summed E-state index contributed by atoms with van der Waals surface area (Å²) in [5, 5.41) is 7.94. The number of nitrogens with one attached hydrogen (secondary N) is 1. The number of piperazine rings is 1. The van der Waals surface area contributed by atoms with Gasteiger partial charge in [0.2, 0.25) is 0 Å². The molecule has 9 nitrogen and oxygen atoms in total. The highest BCUT2D eigenvalue weighted by molar-refractivity contribution is 6.30. The van der Waals surface area contributed by atoms with Crippen molar-refractivity contribution in [3.8, 4) is 5.75 Å². The monoisotopic (exact) mass is 547 g/mol. The zero-order valence-electron chi connectivity index (χ0n) is 21.8. The first kappa shape index (κ1) is 28.8.